The van der Waals surface area contributed by atoms with E-state index in [1.807, 2.05) is 36.2 Å². The second-order valence-corrected chi connectivity index (χ2v) is 6.37. The highest BCUT2D eigenvalue weighted by Crippen LogP contribution is 2.18. The Bertz CT molecular complexity index is 514. The molecule has 0 aliphatic heterocycles. The highest BCUT2D eigenvalue weighted by atomic mass is 79.9. The second kappa shape index (κ2) is 7.04. The molecule has 5 nitrogen and oxygen atoms in total. The first-order chi connectivity index (χ1) is 9.95. The SMILES string of the molecule is CC(C(=O)NC(=O)NC1CC1)N(C)Cc1ccc(Br)cc1. The number of nitrogens with zero attached hydrogens (tertiary/aromatic N) is 1. The number of nitrogens with one attached hydrogen (secondary N) is 2. The Labute approximate surface area is 133 Å². The van der Waals surface area contributed by atoms with Gasteiger partial charge in [-0.1, -0.05) is 28.1 Å². The maximum absolute atomic E-state index is 12.0. The third-order valence-corrected chi connectivity index (χ3v) is 4.06. The number of amides is 3. The van der Waals surface area contributed by atoms with Crippen molar-refractivity contribution >= 4 is 27.9 Å². The maximum atomic E-state index is 12.0. The van der Waals surface area contributed by atoms with Gasteiger partial charge in [-0.15, -0.1) is 0 Å². The van der Waals surface area contributed by atoms with E-state index >= 15 is 0 Å². The van der Waals surface area contributed by atoms with E-state index in [2.05, 4.69) is 26.6 Å². The van der Waals surface area contributed by atoms with E-state index in [9.17, 15) is 9.59 Å². The van der Waals surface area contributed by atoms with E-state index in [-0.39, 0.29) is 18.0 Å². The average molecular weight is 354 g/mol. The molecule has 0 bridgehead atoms. The number of hydrogen-bond donors (Lipinski definition) is 2. The lowest BCUT2D eigenvalue weighted by Gasteiger charge is -2.23. The molecule has 2 rings (SSSR count). The van der Waals surface area contributed by atoms with Gasteiger partial charge in [-0.2, -0.15) is 0 Å². The second-order valence-electron chi connectivity index (χ2n) is 5.45. The number of hydrogen-bond acceptors (Lipinski definition) is 3. The van der Waals surface area contributed by atoms with Crippen LogP contribution in [0.15, 0.2) is 28.7 Å². The summed E-state index contributed by atoms with van der Waals surface area (Å²) in [7, 11) is 1.87. The predicted octanol–water partition coefficient (Wildman–Crippen LogP) is 2.26. The van der Waals surface area contributed by atoms with Crippen LogP contribution < -0.4 is 10.6 Å². The largest absolute Gasteiger partial charge is 0.335 e. The fraction of sp³-hybridized carbons (Fsp3) is 0.467. The minimum Gasteiger partial charge on any atom is -0.335 e. The Morgan fingerprint density at radius 2 is 1.95 bits per heavy atom. The lowest BCUT2D eigenvalue weighted by atomic mass is 10.2. The van der Waals surface area contributed by atoms with Crippen molar-refractivity contribution < 1.29 is 9.59 Å². The molecule has 1 aromatic rings. The van der Waals surface area contributed by atoms with Gasteiger partial charge in [-0.3, -0.25) is 15.0 Å². The molecule has 0 heterocycles. The van der Waals surface area contributed by atoms with Crippen LogP contribution in [0.4, 0.5) is 4.79 Å². The molecule has 1 aromatic carbocycles. The summed E-state index contributed by atoms with van der Waals surface area (Å²) in [6.07, 6.45) is 2.00. The van der Waals surface area contributed by atoms with Gasteiger partial charge in [0.05, 0.1) is 6.04 Å². The molecule has 0 radical (unpaired) electrons. The highest BCUT2D eigenvalue weighted by molar-refractivity contribution is 9.10. The number of imide groups is 1. The van der Waals surface area contributed by atoms with E-state index < -0.39 is 6.03 Å². The van der Waals surface area contributed by atoms with Crippen LogP contribution in [0.3, 0.4) is 0 Å². The van der Waals surface area contributed by atoms with Gasteiger partial charge in [0.1, 0.15) is 0 Å². The highest BCUT2D eigenvalue weighted by Gasteiger charge is 2.25. The molecular weight excluding hydrogens is 334 g/mol. The van der Waals surface area contributed by atoms with Crippen LogP contribution in [0.1, 0.15) is 25.3 Å². The van der Waals surface area contributed by atoms with E-state index in [1.165, 1.54) is 0 Å². The van der Waals surface area contributed by atoms with Gasteiger partial charge in [0, 0.05) is 17.1 Å². The van der Waals surface area contributed by atoms with Crippen molar-refractivity contribution in [2.24, 2.45) is 0 Å². The quantitative estimate of drug-likeness (QED) is 0.853. The Morgan fingerprint density at radius 3 is 2.52 bits per heavy atom. The molecular formula is C15H20BrN3O2. The van der Waals surface area contributed by atoms with Gasteiger partial charge in [0.2, 0.25) is 5.91 Å². The molecule has 21 heavy (non-hydrogen) atoms. The molecule has 1 atom stereocenters. The monoisotopic (exact) mass is 353 g/mol. The summed E-state index contributed by atoms with van der Waals surface area (Å²) in [6, 6.07) is 7.42. The van der Waals surface area contributed by atoms with Gasteiger partial charge in [-0.05, 0) is 44.5 Å². The normalized spacial score (nSPS) is 15.6. The first-order valence-electron chi connectivity index (χ1n) is 7.01. The Kier molecular flexibility index (Phi) is 5.36. The van der Waals surface area contributed by atoms with Crippen molar-refractivity contribution in [1.29, 1.82) is 0 Å². The Hall–Kier alpha value is -1.40. The van der Waals surface area contributed by atoms with E-state index in [0.29, 0.717) is 6.54 Å². The molecule has 0 saturated heterocycles. The predicted molar refractivity (Wildman–Crippen MR) is 84.8 cm³/mol. The van der Waals surface area contributed by atoms with Crippen molar-refractivity contribution in [3.63, 3.8) is 0 Å². The third kappa shape index (κ3) is 5.13. The molecule has 1 saturated carbocycles. The van der Waals surface area contributed by atoms with E-state index in [4.69, 9.17) is 0 Å². The standard InChI is InChI=1S/C15H20BrN3O2/c1-10(14(20)18-15(21)17-13-7-8-13)19(2)9-11-3-5-12(16)6-4-11/h3-6,10,13H,7-9H2,1-2H3,(H2,17,18,20,21). The number of rotatable bonds is 5. The van der Waals surface area contributed by atoms with E-state index in [1.54, 1.807) is 6.92 Å². The Morgan fingerprint density at radius 1 is 1.33 bits per heavy atom. The van der Waals surface area contributed by atoms with Crippen molar-refractivity contribution in [3.8, 4) is 0 Å². The Balaban J connectivity index is 1.82. The number of urea groups is 1. The fourth-order valence-electron chi connectivity index (χ4n) is 1.88. The molecule has 6 heteroatoms. The van der Waals surface area contributed by atoms with Gasteiger partial charge >= 0.3 is 6.03 Å². The van der Waals surface area contributed by atoms with Crippen LogP contribution in [0.25, 0.3) is 0 Å². The number of carbonyl (C=O) groups is 2. The molecule has 114 valence electrons. The van der Waals surface area contributed by atoms with Crippen molar-refractivity contribution in [2.45, 2.75) is 38.4 Å². The number of benzene rings is 1. The van der Waals surface area contributed by atoms with Gasteiger partial charge < -0.3 is 5.32 Å². The summed E-state index contributed by atoms with van der Waals surface area (Å²) in [5, 5.41) is 5.13. The lowest BCUT2D eigenvalue weighted by Crippen LogP contribution is -2.48. The van der Waals surface area contributed by atoms with E-state index in [0.717, 1.165) is 22.9 Å². The van der Waals surface area contributed by atoms with Crippen molar-refractivity contribution in [2.75, 3.05) is 7.05 Å². The summed E-state index contributed by atoms with van der Waals surface area (Å²) < 4.78 is 1.02. The minimum atomic E-state index is -0.397. The zero-order valence-electron chi connectivity index (χ0n) is 12.2. The summed E-state index contributed by atoms with van der Waals surface area (Å²) in [5.41, 5.74) is 1.11. The van der Waals surface area contributed by atoms with Crippen LogP contribution in [0.5, 0.6) is 0 Å². The molecule has 1 fully saturated rings. The summed E-state index contributed by atoms with van der Waals surface area (Å²) in [4.78, 5) is 25.5. The van der Waals surface area contributed by atoms with Crippen LogP contribution in [-0.2, 0) is 11.3 Å². The summed E-state index contributed by atoms with van der Waals surface area (Å²) >= 11 is 3.39. The topological polar surface area (TPSA) is 61.4 Å². The first kappa shape index (κ1) is 16.0. The molecule has 3 amide bonds. The lowest BCUT2D eigenvalue weighted by molar-refractivity contribution is -0.124. The number of likely N-dealkylation sites (N-methyl/N-ethyl adjacent to an activating group) is 1. The third-order valence-electron chi connectivity index (χ3n) is 3.54. The molecule has 0 spiro atoms. The van der Waals surface area contributed by atoms with Crippen LogP contribution in [0.2, 0.25) is 0 Å². The maximum Gasteiger partial charge on any atom is 0.321 e. The zero-order valence-corrected chi connectivity index (χ0v) is 13.8. The van der Waals surface area contributed by atoms with Gasteiger partial charge in [0.15, 0.2) is 0 Å². The zero-order chi connectivity index (χ0) is 15.4. The van der Waals surface area contributed by atoms with Gasteiger partial charge in [0.25, 0.3) is 0 Å². The minimum absolute atomic E-state index is 0.244. The van der Waals surface area contributed by atoms with Crippen LogP contribution in [0, 0.1) is 0 Å². The smallest absolute Gasteiger partial charge is 0.321 e. The van der Waals surface area contributed by atoms with Crippen molar-refractivity contribution in [1.82, 2.24) is 15.5 Å². The number of halogens is 1. The average Bonchev–Trinajstić information content (AvgIpc) is 3.24. The molecule has 0 aromatic heterocycles. The molecule has 2 N–H and O–H groups in total. The molecule has 1 aliphatic carbocycles. The molecule has 1 aliphatic rings. The van der Waals surface area contributed by atoms with Crippen LogP contribution >= 0.6 is 15.9 Å². The fourth-order valence-corrected chi connectivity index (χ4v) is 2.14. The molecule has 1 unspecified atom stereocenters. The van der Waals surface area contributed by atoms with Crippen molar-refractivity contribution in [3.05, 3.63) is 34.3 Å². The number of carbonyl (C=O) groups excluding carboxylic acids is 2. The summed E-state index contributed by atoms with van der Waals surface area (Å²) in [6.45, 7) is 2.44. The van der Waals surface area contributed by atoms with Crippen LogP contribution in [-0.4, -0.2) is 36.0 Å². The first-order valence-corrected chi connectivity index (χ1v) is 7.81. The van der Waals surface area contributed by atoms with Gasteiger partial charge in [-0.25, -0.2) is 4.79 Å². The summed E-state index contributed by atoms with van der Waals surface area (Å²) in [5.74, 6) is -0.284.